The largest absolute Gasteiger partial charge is 3.00 e. The zero-order valence-corrected chi connectivity index (χ0v) is 15.2. The average Bonchev–Trinajstić information content (AvgIpc) is 2.35. The van der Waals surface area contributed by atoms with Gasteiger partial charge in [-0.2, -0.15) is 0 Å². The zero-order valence-electron chi connectivity index (χ0n) is 10.2. The predicted molar refractivity (Wildman–Crippen MR) is 70.4 cm³/mol. The van der Waals surface area contributed by atoms with E-state index >= 15 is 0 Å². The van der Waals surface area contributed by atoms with Gasteiger partial charge in [0.25, 0.3) is 0 Å². The molecule has 2 nitrogen and oxygen atoms in total. The van der Waals surface area contributed by atoms with Crippen LogP contribution in [0, 0.1) is 0 Å². The first-order valence-electron chi connectivity index (χ1n) is 5.13. The number of carbonyl (C=O) groups is 1. The van der Waals surface area contributed by atoms with Gasteiger partial charge in [0.2, 0.25) is 0 Å². The molecular formula is C13H8Cl4FeNOS. The van der Waals surface area contributed by atoms with E-state index in [1.165, 1.54) is 0 Å². The van der Waals surface area contributed by atoms with Gasteiger partial charge in [0.05, 0.1) is 11.4 Å². The minimum absolute atomic E-state index is 0. The monoisotopic (exact) mass is 422 g/mol. The van der Waals surface area contributed by atoms with Crippen LogP contribution in [0.3, 0.4) is 0 Å². The fraction of sp³-hybridized carbons (Fsp3) is 0. The molecule has 0 unspecified atom stereocenters. The van der Waals surface area contributed by atoms with Gasteiger partial charge in [-0.15, -0.1) is 0 Å². The average molecular weight is 424 g/mol. The Balaban J connectivity index is 0. The van der Waals surface area contributed by atoms with E-state index in [0.29, 0.717) is 0 Å². The number of amides is 1. The Labute approximate surface area is 161 Å². The van der Waals surface area contributed by atoms with Gasteiger partial charge < -0.3 is 37.2 Å². The zero-order chi connectivity index (χ0) is 11.8. The van der Waals surface area contributed by atoms with Crippen molar-refractivity contribution in [2.24, 2.45) is 0 Å². The quantitative estimate of drug-likeness (QED) is 0.243. The maximum atomic E-state index is 11.6. The van der Waals surface area contributed by atoms with Crippen LogP contribution in [0.15, 0.2) is 58.3 Å². The number of rotatable bonds is 0. The predicted octanol–water partition coefficient (Wildman–Crippen LogP) is -4.34. The SMILES string of the molecule is O=C(Cl)N1c2ccccc2Sc2ccccc21.[Cl-].[Cl-].[Cl-].[Fe+3]. The molecule has 0 fully saturated rings. The summed E-state index contributed by atoms with van der Waals surface area (Å²) in [6.45, 7) is 0. The summed E-state index contributed by atoms with van der Waals surface area (Å²) < 4.78 is 0. The van der Waals surface area contributed by atoms with Crippen molar-refractivity contribution < 1.29 is 59.1 Å². The van der Waals surface area contributed by atoms with Gasteiger partial charge in [-0.1, -0.05) is 36.0 Å². The molecule has 8 heteroatoms. The molecule has 1 aliphatic rings. The fourth-order valence-electron chi connectivity index (χ4n) is 1.89. The van der Waals surface area contributed by atoms with E-state index in [-0.39, 0.29) is 54.3 Å². The number of carbonyl (C=O) groups excluding carboxylic acids is 1. The molecule has 113 valence electrons. The van der Waals surface area contributed by atoms with Crippen molar-refractivity contribution in [1.29, 1.82) is 0 Å². The van der Waals surface area contributed by atoms with Crippen molar-refractivity contribution in [3.8, 4) is 0 Å². The van der Waals surface area contributed by atoms with Crippen molar-refractivity contribution in [3.63, 3.8) is 0 Å². The molecular weight excluding hydrogens is 416 g/mol. The molecule has 0 saturated heterocycles. The maximum absolute atomic E-state index is 11.6. The number of nitrogens with zero attached hydrogens (tertiary/aromatic N) is 1. The summed E-state index contributed by atoms with van der Waals surface area (Å²) in [6, 6.07) is 15.5. The number of halogens is 4. The van der Waals surface area contributed by atoms with E-state index in [1.807, 2.05) is 48.5 Å². The van der Waals surface area contributed by atoms with Gasteiger partial charge in [0.15, 0.2) is 0 Å². The van der Waals surface area contributed by atoms with Crippen LogP contribution in [-0.4, -0.2) is 5.37 Å². The first-order chi connectivity index (χ1) is 8.27. The molecule has 21 heavy (non-hydrogen) atoms. The normalized spacial score (nSPS) is 10.4. The van der Waals surface area contributed by atoms with Gasteiger partial charge in [0, 0.05) is 9.79 Å². The Morgan fingerprint density at radius 3 is 1.62 bits per heavy atom. The molecule has 1 aliphatic heterocycles. The van der Waals surface area contributed by atoms with Gasteiger partial charge in [0.1, 0.15) is 0 Å². The molecule has 3 rings (SSSR count). The standard InChI is InChI=1S/C13H8ClNOS.3ClH.Fe/c14-13(16)15-9-5-1-3-7-11(9)17-12-8-4-2-6-10(12)15;;;;/h1-8H;3*1H;/q;;;;+3/p-3. The van der Waals surface area contributed by atoms with Crippen LogP contribution in [0.1, 0.15) is 0 Å². The van der Waals surface area contributed by atoms with E-state index in [0.717, 1.165) is 21.2 Å². The number of benzene rings is 2. The second-order valence-electron chi connectivity index (χ2n) is 3.63. The van der Waals surface area contributed by atoms with Gasteiger partial charge in [-0.3, -0.25) is 9.69 Å². The molecule has 2 aromatic rings. The third-order valence-corrected chi connectivity index (χ3v) is 3.91. The molecule has 0 saturated carbocycles. The van der Waals surface area contributed by atoms with Crippen LogP contribution < -0.4 is 42.1 Å². The third-order valence-electron chi connectivity index (χ3n) is 2.61. The summed E-state index contributed by atoms with van der Waals surface area (Å²) in [6.07, 6.45) is 0. The maximum Gasteiger partial charge on any atom is 3.00 e. The van der Waals surface area contributed by atoms with E-state index in [4.69, 9.17) is 11.6 Å². The van der Waals surface area contributed by atoms with Gasteiger partial charge >= 0.3 is 22.4 Å². The van der Waals surface area contributed by atoms with E-state index in [9.17, 15) is 4.79 Å². The Hall–Kier alpha value is -0.0605. The first-order valence-corrected chi connectivity index (χ1v) is 6.32. The third kappa shape index (κ3) is 4.46. The summed E-state index contributed by atoms with van der Waals surface area (Å²) in [5, 5.41) is -0.481. The smallest absolute Gasteiger partial charge is 1.00 e. The summed E-state index contributed by atoms with van der Waals surface area (Å²) >= 11 is 7.34. The van der Waals surface area contributed by atoms with Crippen LogP contribution in [0.25, 0.3) is 0 Å². The number of para-hydroxylation sites is 2. The summed E-state index contributed by atoms with van der Waals surface area (Å²) in [5.41, 5.74) is 1.69. The Morgan fingerprint density at radius 1 is 0.857 bits per heavy atom. The molecule has 0 atom stereocenters. The number of hydrogen-bond acceptors (Lipinski definition) is 2. The van der Waals surface area contributed by atoms with Crippen molar-refractivity contribution in [2.75, 3.05) is 4.90 Å². The van der Waals surface area contributed by atoms with Crippen LogP contribution in [0.2, 0.25) is 0 Å². The minimum Gasteiger partial charge on any atom is -1.00 e. The van der Waals surface area contributed by atoms with Crippen LogP contribution in [0.4, 0.5) is 16.2 Å². The van der Waals surface area contributed by atoms with Crippen LogP contribution >= 0.6 is 23.4 Å². The van der Waals surface area contributed by atoms with Crippen molar-refractivity contribution in [3.05, 3.63) is 48.5 Å². The molecule has 0 spiro atoms. The molecule has 0 aliphatic carbocycles. The van der Waals surface area contributed by atoms with Crippen LogP contribution in [0.5, 0.6) is 0 Å². The molecule has 0 aromatic heterocycles. The molecule has 1 radical (unpaired) electrons. The first kappa shape index (κ1) is 23.2. The van der Waals surface area contributed by atoms with Gasteiger partial charge in [-0.25, -0.2) is 0 Å². The van der Waals surface area contributed by atoms with E-state index < -0.39 is 5.37 Å². The fourth-order valence-corrected chi connectivity index (χ4v) is 3.13. The Kier molecular flexibility index (Phi) is 10.9. The minimum atomic E-state index is -0.481. The topological polar surface area (TPSA) is 20.3 Å². The Morgan fingerprint density at radius 2 is 1.24 bits per heavy atom. The molecule has 2 aromatic carbocycles. The van der Waals surface area contributed by atoms with E-state index in [2.05, 4.69) is 0 Å². The molecule has 0 N–H and O–H groups in total. The second kappa shape index (κ2) is 9.86. The van der Waals surface area contributed by atoms with Crippen LogP contribution in [-0.2, 0) is 17.1 Å². The summed E-state index contributed by atoms with van der Waals surface area (Å²) in [7, 11) is 0. The molecule has 1 amide bonds. The van der Waals surface area contributed by atoms with Crippen molar-refractivity contribution in [1.82, 2.24) is 0 Å². The van der Waals surface area contributed by atoms with Gasteiger partial charge in [-0.05, 0) is 35.9 Å². The molecule has 1 heterocycles. The van der Waals surface area contributed by atoms with Crippen molar-refractivity contribution >= 4 is 40.1 Å². The van der Waals surface area contributed by atoms with E-state index in [1.54, 1.807) is 16.7 Å². The summed E-state index contributed by atoms with van der Waals surface area (Å²) in [5.74, 6) is 0. The number of fused-ring (bicyclic) bond motifs is 2. The summed E-state index contributed by atoms with van der Waals surface area (Å²) in [4.78, 5) is 15.2. The van der Waals surface area contributed by atoms with Crippen molar-refractivity contribution in [2.45, 2.75) is 9.79 Å². The Bertz CT molecular complexity index is 569. The second-order valence-corrected chi connectivity index (χ2v) is 5.03. The number of hydrogen-bond donors (Lipinski definition) is 0. The molecule has 0 bridgehead atoms. The number of anilines is 2.